The van der Waals surface area contributed by atoms with Gasteiger partial charge in [0.15, 0.2) is 5.78 Å². The minimum atomic E-state index is -0.395. The molecule has 0 spiro atoms. The molecule has 2 rings (SSSR count). The molecule has 122 valence electrons. The Morgan fingerprint density at radius 2 is 1.96 bits per heavy atom. The number of hydrogen-bond acceptors (Lipinski definition) is 4. The van der Waals surface area contributed by atoms with Crippen molar-refractivity contribution in [1.29, 1.82) is 0 Å². The molecule has 6 nitrogen and oxygen atoms in total. The van der Waals surface area contributed by atoms with Crippen LogP contribution in [0.3, 0.4) is 0 Å². The number of Topliss-reactive ketones (excluding diaryl/α,β-unsaturated/α-hetero) is 1. The van der Waals surface area contributed by atoms with E-state index in [9.17, 15) is 14.0 Å². The van der Waals surface area contributed by atoms with Crippen LogP contribution in [0.4, 0.5) is 4.39 Å². The van der Waals surface area contributed by atoms with E-state index in [-0.39, 0.29) is 30.6 Å². The van der Waals surface area contributed by atoms with Crippen molar-refractivity contribution < 1.29 is 14.0 Å². The van der Waals surface area contributed by atoms with Crippen molar-refractivity contribution in [3.05, 3.63) is 47.8 Å². The second-order valence-electron chi connectivity index (χ2n) is 5.20. The van der Waals surface area contributed by atoms with Crippen molar-refractivity contribution in [1.82, 2.24) is 20.1 Å². The number of nitrogens with zero attached hydrogens (tertiary/aromatic N) is 3. The fraction of sp³-hybridized carbons (Fsp3) is 0.375. The summed E-state index contributed by atoms with van der Waals surface area (Å²) >= 11 is 0. The maximum Gasteiger partial charge on any atom is 0.221 e. The number of nitrogens with one attached hydrogen (secondary N) is 1. The normalized spacial score (nSPS) is 12.0. The van der Waals surface area contributed by atoms with E-state index in [2.05, 4.69) is 15.4 Å². The maximum atomic E-state index is 12.8. The van der Waals surface area contributed by atoms with E-state index in [1.54, 1.807) is 11.7 Å². The molecule has 1 aromatic heterocycles. The van der Waals surface area contributed by atoms with Gasteiger partial charge in [-0.1, -0.05) is 6.92 Å². The molecule has 1 amide bonds. The standard InChI is InChI=1S/C16H19FN4O2/c1-3-13(16-18-10-19-21(16)2)20-15(23)9-8-14(22)11-4-6-12(17)7-5-11/h4-7,10,13H,3,8-9H2,1-2H3,(H,20,23). The molecule has 23 heavy (non-hydrogen) atoms. The quantitative estimate of drug-likeness (QED) is 0.794. The summed E-state index contributed by atoms with van der Waals surface area (Å²) < 4.78 is 14.4. The van der Waals surface area contributed by atoms with E-state index in [0.29, 0.717) is 17.8 Å². The van der Waals surface area contributed by atoms with Gasteiger partial charge in [-0.05, 0) is 30.7 Å². The van der Waals surface area contributed by atoms with Gasteiger partial charge in [-0.15, -0.1) is 0 Å². The van der Waals surface area contributed by atoms with E-state index >= 15 is 0 Å². The summed E-state index contributed by atoms with van der Waals surface area (Å²) in [6.07, 6.45) is 2.25. The maximum absolute atomic E-state index is 12.8. The van der Waals surface area contributed by atoms with Crippen LogP contribution in [0.1, 0.15) is 48.4 Å². The fourth-order valence-corrected chi connectivity index (χ4v) is 2.24. The number of ketones is 1. The lowest BCUT2D eigenvalue weighted by atomic mass is 10.1. The van der Waals surface area contributed by atoms with Gasteiger partial charge in [-0.25, -0.2) is 9.37 Å². The largest absolute Gasteiger partial charge is 0.346 e. The molecular formula is C16H19FN4O2. The lowest BCUT2D eigenvalue weighted by Crippen LogP contribution is -2.30. The van der Waals surface area contributed by atoms with E-state index < -0.39 is 5.82 Å². The van der Waals surface area contributed by atoms with Crippen LogP contribution in [-0.4, -0.2) is 26.5 Å². The first kappa shape index (κ1) is 16.8. The molecule has 0 bridgehead atoms. The van der Waals surface area contributed by atoms with E-state index in [4.69, 9.17) is 0 Å². The van der Waals surface area contributed by atoms with Gasteiger partial charge in [0.1, 0.15) is 18.0 Å². The number of aryl methyl sites for hydroxylation is 1. The predicted molar refractivity (Wildman–Crippen MR) is 82.1 cm³/mol. The van der Waals surface area contributed by atoms with Gasteiger partial charge < -0.3 is 5.32 Å². The lowest BCUT2D eigenvalue weighted by Gasteiger charge is -2.15. The SMILES string of the molecule is CCC(NC(=O)CCC(=O)c1ccc(F)cc1)c1ncnn1C. The van der Waals surface area contributed by atoms with E-state index in [1.807, 2.05) is 6.92 Å². The van der Waals surface area contributed by atoms with Gasteiger partial charge >= 0.3 is 0 Å². The number of carbonyl (C=O) groups excluding carboxylic acids is 2. The average molecular weight is 318 g/mol. The molecule has 0 aliphatic heterocycles. The number of carbonyl (C=O) groups is 2. The molecule has 7 heteroatoms. The molecule has 1 N–H and O–H groups in total. The number of hydrogen-bond donors (Lipinski definition) is 1. The molecule has 0 fully saturated rings. The van der Waals surface area contributed by atoms with Crippen molar-refractivity contribution in [2.75, 3.05) is 0 Å². The monoisotopic (exact) mass is 318 g/mol. The summed E-state index contributed by atoms with van der Waals surface area (Å²) in [5, 5.41) is 6.83. The van der Waals surface area contributed by atoms with Crippen LogP contribution in [0, 0.1) is 5.82 Å². The number of benzene rings is 1. The summed E-state index contributed by atoms with van der Waals surface area (Å²) in [7, 11) is 1.76. The summed E-state index contributed by atoms with van der Waals surface area (Å²) in [6.45, 7) is 1.93. The highest BCUT2D eigenvalue weighted by Crippen LogP contribution is 2.13. The van der Waals surface area contributed by atoms with Gasteiger partial charge in [0.25, 0.3) is 0 Å². The zero-order valence-electron chi connectivity index (χ0n) is 13.1. The zero-order chi connectivity index (χ0) is 16.8. The molecule has 1 heterocycles. The highest BCUT2D eigenvalue weighted by Gasteiger charge is 2.18. The van der Waals surface area contributed by atoms with Crippen molar-refractivity contribution in [3.8, 4) is 0 Å². The Hall–Kier alpha value is -2.57. The molecule has 1 unspecified atom stereocenters. The Morgan fingerprint density at radius 3 is 2.52 bits per heavy atom. The Kier molecular flexibility index (Phi) is 5.56. The van der Waals surface area contributed by atoms with Crippen molar-refractivity contribution in [3.63, 3.8) is 0 Å². The number of rotatable bonds is 7. The van der Waals surface area contributed by atoms with Crippen LogP contribution in [0.25, 0.3) is 0 Å². The minimum Gasteiger partial charge on any atom is -0.346 e. The molecule has 0 aliphatic carbocycles. The summed E-state index contributed by atoms with van der Waals surface area (Å²) in [6, 6.07) is 5.06. The predicted octanol–water partition coefficient (Wildman–Crippen LogP) is 2.18. The first-order chi connectivity index (χ1) is 11.0. The summed E-state index contributed by atoms with van der Waals surface area (Å²) in [5.41, 5.74) is 0.402. The topological polar surface area (TPSA) is 76.9 Å². The third kappa shape index (κ3) is 4.45. The van der Waals surface area contributed by atoms with Crippen molar-refractivity contribution >= 4 is 11.7 Å². The molecule has 0 aliphatic rings. The van der Waals surface area contributed by atoms with Gasteiger partial charge in [0.2, 0.25) is 5.91 Å². The van der Waals surface area contributed by atoms with Gasteiger partial charge in [-0.3, -0.25) is 14.3 Å². The van der Waals surface area contributed by atoms with Crippen LogP contribution in [0.2, 0.25) is 0 Å². The smallest absolute Gasteiger partial charge is 0.221 e. The van der Waals surface area contributed by atoms with Crippen LogP contribution >= 0.6 is 0 Å². The number of aromatic nitrogens is 3. The summed E-state index contributed by atoms with van der Waals surface area (Å²) in [4.78, 5) is 28.1. The van der Waals surface area contributed by atoms with Gasteiger partial charge in [0, 0.05) is 25.5 Å². The molecule has 1 atom stereocenters. The molecular weight excluding hydrogens is 299 g/mol. The average Bonchev–Trinajstić information content (AvgIpc) is 2.97. The highest BCUT2D eigenvalue weighted by atomic mass is 19.1. The second kappa shape index (κ2) is 7.62. The third-order valence-electron chi connectivity index (χ3n) is 3.55. The zero-order valence-corrected chi connectivity index (χ0v) is 13.1. The first-order valence-corrected chi connectivity index (χ1v) is 7.43. The first-order valence-electron chi connectivity index (χ1n) is 7.43. The second-order valence-corrected chi connectivity index (χ2v) is 5.20. The van der Waals surface area contributed by atoms with E-state index in [0.717, 1.165) is 0 Å². The Labute approximate surface area is 133 Å². The number of amides is 1. The van der Waals surface area contributed by atoms with Crippen LogP contribution in [-0.2, 0) is 11.8 Å². The highest BCUT2D eigenvalue weighted by molar-refractivity contribution is 5.97. The Bertz CT molecular complexity index is 682. The van der Waals surface area contributed by atoms with Gasteiger partial charge in [0.05, 0.1) is 6.04 Å². The molecule has 0 saturated heterocycles. The molecule has 2 aromatic rings. The fourth-order valence-electron chi connectivity index (χ4n) is 2.24. The van der Waals surface area contributed by atoms with Crippen LogP contribution < -0.4 is 5.32 Å². The minimum absolute atomic E-state index is 0.0740. The van der Waals surface area contributed by atoms with E-state index in [1.165, 1.54) is 30.6 Å². The molecule has 0 radical (unpaired) electrons. The van der Waals surface area contributed by atoms with Crippen LogP contribution in [0.5, 0.6) is 0 Å². The van der Waals surface area contributed by atoms with Crippen molar-refractivity contribution in [2.45, 2.75) is 32.2 Å². The molecule has 1 aromatic carbocycles. The van der Waals surface area contributed by atoms with Crippen molar-refractivity contribution in [2.24, 2.45) is 7.05 Å². The lowest BCUT2D eigenvalue weighted by molar-refractivity contribution is -0.121. The van der Waals surface area contributed by atoms with Gasteiger partial charge in [-0.2, -0.15) is 5.10 Å². The Balaban J connectivity index is 1.88. The third-order valence-corrected chi connectivity index (χ3v) is 3.55. The Morgan fingerprint density at radius 1 is 1.26 bits per heavy atom. The summed E-state index contributed by atoms with van der Waals surface area (Å²) in [5.74, 6) is -0.137. The number of halogens is 1. The van der Waals surface area contributed by atoms with Crippen LogP contribution in [0.15, 0.2) is 30.6 Å². The molecule has 0 saturated carbocycles.